The lowest BCUT2D eigenvalue weighted by molar-refractivity contribution is -0.142. The molecule has 0 saturated carbocycles. The molecule has 0 bridgehead atoms. The fourth-order valence-corrected chi connectivity index (χ4v) is 3.83. The number of hydrogen-bond acceptors (Lipinski definition) is 6. The molecular formula is C19H21FN4O4S. The number of benzene rings is 1. The minimum Gasteiger partial charge on any atom is -0.466 e. The third-order valence-electron chi connectivity index (χ3n) is 4.41. The van der Waals surface area contributed by atoms with E-state index >= 15 is 0 Å². The van der Waals surface area contributed by atoms with Gasteiger partial charge >= 0.3 is 11.7 Å². The van der Waals surface area contributed by atoms with Crippen molar-refractivity contribution in [1.82, 2.24) is 18.7 Å². The number of aryl methyl sites for hydroxylation is 1. The Bertz CT molecular complexity index is 1160. The van der Waals surface area contributed by atoms with Gasteiger partial charge in [-0.15, -0.1) is 0 Å². The van der Waals surface area contributed by atoms with E-state index in [0.29, 0.717) is 17.5 Å². The lowest BCUT2D eigenvalue weighted by Gasteiger charge is -2.09. The Morgan fingerprint density at radius 1 is 1.17 bits per heavy atom. The molecular weight excluding hydrogens is 399 g/mol. The summed E-state index contributed by atoms with van der Waals surface area (Å²) in [5, 5.41) is 0.493. The smallest absolute Gasteiger partial charge is 0.332 e. The third-order valence-corrected chi connectivity index (χ3v) is 5.39. The van der Waals surface area contributed by atoms with Gasteiger partial charge in [-0.3, -0.25) is 18.7 Å². The molecule has 0 amide bonds. The Morgan fingerprint density at radius 3 is 2.52 bits per heavy atom. The maximum absolute atomic E-state index is 13.3. The van der Waals surface area contributed by atoms with E-state index in [1.807, 2.05) is 0 Å². The SMILES string of the molecule is CCOC(=O)CCSc1nc2c(c(=O)n(C)c(=O)n2C)n1Cc1ccc(F)cc1. The molecule has 0 fully saturated rings. The largest absolute Gasteiger partial charge is 0.466 e. The number of carbonyl (C=O) groups is 1. The van der Waals surface area contributed by atoms with Gasteiger partial charge in [0.2, 0.25) is 0 Å². The molecule has 0 aliphatic carbocycles. The summed E-state index contributed by atoms with van der Waals surface area (Å²) in [6.45, 7) is 2.32. The number of carbonyl (C=O) groups excluding carboxylic acids is 1. The molecule has 0 spiro atoms. The predicted octanol–water partition coefficient (Wildman–Crippen LogP) is 1.67. The van der Waals surface area contributed by atoms with E-state index in [-0.39, 0.29) is 35.9 Å². The first kappa shape index (κ1) is 20.8. The lowest BCUT2D eigenvalue weighted by Crippen LogP contribution is -2.37. The number of rotatable bonds is 7. The van der Waals surface area contributed by atoms with Crippen LogP contribution in [-0.2, 0) is 30.2 Å². The number of fused-ring (bicyclic) bond motifs is 1. The van der Waals surface area contributed by atoms with Gasteiger partial charge in [0.25, 0.3) is 5.56 Å². The Balaban J connectivity index is 2.06. The molecule has 2 heterocycles. The molecule has 2 aromatic heterocycles. The highest BCUT2D eigenvalue weighted by atomic mass is 32.2. The normalized spacial score (nSPS) is 11.2. The van der Waals surface area contributed by atoms with Crippen molar-refractivity contribution in [3.8, 4) is 0 Å². The van der Waals surface area contributed by atoms with E-state index in [2.05, 4.69) is 4.98 Å². The summed E-state index contributed by atoms with van der Waals surface area (Å²) in [6, 6.07) is 5.94. The molecule has 0 radical (unpaired) electrons. The second-order valence-corrected chi connectivity index (χ2v) is 7.45. The predicted molar refractivity (Wildman–Crippen MR) is 108 cm³/mol. The summed E-state index contributed by atoms with van der Waals surface area (Å²) in [6.07, 6.45) is 0.190. The molecule has 0 aliphatic heterocycles. The average Bonchev–Trinajstić information content (AvgIpc) is 3.05. The second-order valence-electron chi connectivity index (χ2n) is 6.39. The van der Waals surface area contributed by atoms with Crippen LogP contribution in [0.2, 0.25) is 0 Å². The Kier molecular flexibility index (Phi) is 6.21. The van der Waals surface area contributed by atoms with E-state index < -0.39 is 11.2 Å². The van der Waals surface area contributed by atoms with Gasteiger partial charge in [0.05, 0.1) is 19.6 Å². The number of aromatic nitrogens is 4. The lowest BCUT2D eigenvalue weighted by atomic mass is 10.2. The second kappa shape index (κ2) is 8.64. The standard InChI is InChI=1S/C19H21FN4O4S/c1-4-28-14(25)9-10-29-18-21-16-15(17(26)23(3)19(27)22(16)2)24(18)11-12-5-7-13(20)8-6-12/h5-8H,4,9-11H2,1-3H3. The zero-order valence-electron chi connectivity index (χ0n) is 16.3. The monoisotopic (exact) mass is 420 g/mol. The first-order chi connectivity index (χ1) is 13.8. The first-order valence-corrected chi connectivity index (χ1v) is 10.0. The maximum atomic E-state index is 13.3. The minimum atomic E-state index is -0.475. The van der Waals surface area contributed by atoms with Crippen LogP contribution in [0.4, 0.5) is 4.39 Å². The number of esters is 1. The van der Waals surface area contributed by atoms with Crippen molar-refractivity contribution in [2.75, 3.05) is 12.4 Å². The average molecular weight is 420 g/mol. The van der Waals surface area contributed by atoms with Gasteiger partial charge < -0.3 is 9.30 Å². The summed E-state index contributed by atoms with van der Waals surface area (Å²) < 4.78 is 22.2. The van der Waals surface area contributed by atoms with Gasteiger partial charge in [0.1, 0.15) is 5.82 Å². The van der Waals surface area contributed by atoms with Gasteiger partial charge in [-0.05, 0) is 24.6 Å². The fourth-order valence-electron chi connectivity index (χ4n) is 2.91. The highest BCUT2D eigenvalue weighted by Crippen LogP contribution is 2.23. The van der Waals surface area contributed by atoms with E-state index in [9.17, 15) is 18.8 Å². The van der Waals surface area contributed by atoms with Crippen molar-refractivity contribution >= 4 is 28.9 Å². The highest BCUT2D eigenvalue weighted by molar-refractivity contribution is 7.99. The van der Waals surface area contributed by atoms with Crippen molar-refractivity contribution < 1.29 is 13.9 Å². The Hall–Kier alpha value is -2.88. The summed E-state index contributed by atoms with van der Waals surface area (Å²) >= 11 is 1.29. The number of ether oxygens (including phenoxy) is 1. The van der Waals surface area contributed by atoms with E-state index in [1.165, 1.54) is 35.5 Å². The summed E-state index contributed by atoms with van der Waals surface area (Å²) in [7, 11) is 2.96. The van der Waals surface area contributed by atoms with Gasteiger partial charge in [-0.2, -0.15) is 0 Å². The van der Waals surface area contributed by atoms with Crippen molar-refractivity contribution in [3.05, 3.63) is 56.5 Å². The molecule has 8 nitrogen and oxygen atoms in total. The molecule has 0 atom stereocenters. The van der Waals surface area contributed by atoms with Crippen LogP contribution in [0.15, 0.2) is 39.0 Å². The molecule has 3 rings (SSSR count). The molecule has 3 aromatic rings. The molecule has 1 aromatic carbocycles. The van der Waals surface area contributed by atoms with E-state index in [0.717, 1.165) is 10.1 Å². The van der Waals surface area contributed by atoms with Gasteiger partial charge in [0, 0.05) is 19.8 Å². The summed E-state index contributed by atoms with van der Waals surface area (Å²) in [4.78, 5) is 41.1. The van der Waals surface area contributed by atoms with Crippen LogP contribution in [0.5, 0.6) is 0 Å². The first-order valence-electron chi connectivity index (χ1n) is 9.02. The zero-order chi connectivity index (χ0) is 21.1. The molecule has 10 heteroatoms. The van der Waals surface area contributed by atoms with Crippen LogP contribution in [0.1, 0.15) is 18.9 Å². The van der Waals surface area contributed by atoms with Gasteiger partial charge in [-0.25, -0.2) is 14.2 Å². The van der Waals surface area contributed by atoms with Crippen LogP contribution in [0.3, 0.4) is 0 Å². The molecule has 154 valence electrons. The quantitative estimate of drug-likeness (QED) is 0.427. The van der Waals surface area contributed by atoms with Crippen LogP contribution < -0.4 is 11.2 Å². The Morgan fingerprint density at radius 2 is 1.86 bits per heavy atom. The van der Waals surface area contributed by atoms with Crippen molar-refractivity contribution in [2.24, 2.45) is 14.1 Å². The number of hydrogen-bond donors (Lipinski definition) is 0. The molecule has 0 N–H and O–H groups in total. The van der Waals surface area contributed by atoms with Crippen molar-refractivity contribution in [2.45, 2.75) is 25.0 Å². The van der Waals surface area contributed by atoms with Crippen LogP contribution >= 0.6 is 11.8 Å². The molecule has 0 aliphatic rings. The van der Waals surface area contributed by atoms with Crippen LogP contribution in [-0.4, -0.2) is 37.0 Å². The summed E-state index contributed by atoms with van der Waals surface area (Å²) in [5.74, 6) is -0.268. The molecule has 29 heavy (non-hydrogen) atoms. The third kappa shape index (κ3) is 4.26. The number of imidazole rings is 1. The minimum absolute atomic E-state index is 0.190. The molecule has 0 saturated heterocycles. The zero-order valence-corrected chi connectivity index (χ0v) is 17.2. The fraction of sp³-hybridized carbons (Fsp3) is 0.368. The number of halogens is 1. The van der Waals surface area contributed by atoms with Gasteiger partial charge in [-0.1, -0.05) is 23.9 Å². The topological polar surface area (TPSA) is 88.1 Å². The highest BCUT2D eigenvalue weighted by Gasteiger charge is 2.20. The van der Waals surface area contributed by atoms with Crippen LogP contribution in [0.25, 0.3) is 11.2 Å². The van der Waals surface area contributed by atoms with Gasteiger partial charge in [0.15, 0.2) is 16.3 Å². The Labute approximate surface area is 169 Å². The maximum Gasteiger partial charge on any atom is 0.332 e. The van der Waals surface area contributed by atoms with Crippen molar-refractivity contribution in [1.29, 1.82) is 0 Å². The van der Waals surface area contributed by atoms with E-state index in [4.69, 9.17) is 4.74 Å². The van der Waals surface area contributed by atoms with Crippen LogP contribution in [0, 0.1) is 5.82 Å². The summed E-state index contributed by atoms with van der Waals surface area (Å²) in [5.41, 5.74) is 0.372. The number of thioether (sulfide) groups is 1. The van der Waals surface area contributed by atoms with E-state index in [1.54, 1.807) is 30.7 Å². The van der Waals surface area contributed by atoms with Crippen molar-refractivity contribution in [3.63, 3.8) is 0 Å². The molecule has 0 unspecified atom stereocenters. The number of nitrogens with zero attached hydrogens (tertiary/aromatic N) is 4.